The van der Waals surface area contributed by atoms with Crippen molar-refractivity contribution in [3.8, 4) is 17.6 Å². The van der Waals surface area contributed by atoms with E-state index < -0.39 is 0 Å². The van der Waals surface area contributed by atoms with Crippen molar-refractivity contribution >= 4 is 0 Å². The fourth-order valence-corrected chi connectivity index (χ4v) is 1.39. The number of nitriles is 1. The van der Waals surface area contributed by atoms with E-state index in [0.29, 0.717) is 36.2 Å². The summed E-state index contributed by atoms with van der Waals surface area (Å²) in [5.41, 5.74) is 0.551. The predicted molar refractivity (Wildman–Crippen MR) is 68.9 cm³/mol. The highest BCUT2D eigenvalue weighted by Crippen LogP contribution is 2.27. The molecule has 1 aromatic rings. The molecule has 0 heterocycles. The van der Waals surface area contributed by atoms with E-state index in [-0.39, 0.29) is 0 Å². The van der Waals surface area contributed by atoms with Gasteiger partial charge >= 0.3 is 0 Å². The second-order valence-corrected chi connectivity index (χ2v) is 4.29. The molecule has 1 rings (SSSR count). The second kappa shape index (κ2) is 7.57. The van der Waals surface area contributed by atoms with E-state index in [0.717, 1.165) is 6.61 Å². The third-order valence-corrected chi connectivity index (χ3v) is 2.23. The molecule has 98 valence electrons. The van der Waals surface area contributed by atoms with Gasteiger partial charge in [0.2, 0.25) is 0 Å². The van der Waals surface area contributed by atoms with Crippen molar-refractivity contribution in [3.05, 3.63) is 23.8 Å². The SMILES string of the molecule is COc1cc(C#N)ccc1OCCOCC(C)C. The maximum absolute atomic E-state index is 8.78. The molecule has 18 heavy (non-hydrogen) atoms. The Bertz CT molecular complexity index is 410. The fourth-order valence-electron chi connectivity index (χ4n) is 1.39. The normalized spacial score (nSPS) is 10.2. The summed E-state index contributed by atoms with van der Waals surface area (Å²) in [7, 11) is 1.55. The molecular formula is C14H19NO3. The van der Waals surface area contributed by atoms with Gasteiger partial charge in [0.15, 0.2) is 11.5 Å². The molecule has 0 atom stereocenters. The molecule has 0 aliphatic heterocycles. The Labute approximate surface area is 108 Å². The van der Waals surface area contributed by atoms with Crippen LogP contribution in [0.5, 0.6) is 11.5 Å². The highest BCUT2D eigenvalue weighted by molar-refractivity contribution is 5.46. The molecule has 1 aromatic carbocycles. The van der Waals surface area contributed by atoms with Gasteiger partial charge in [-0.05, 0) is 18.1 Å². The van der Waals surface area contributed by atoms with Crippen molar-refractivity contribution in [1.82, 2.24) is 0 Å². The number of hydrogen-bond acceptors (Lipinski definition) is 4. The first-order valence-electron chi connectivity index (χ1n) is 5.96. The van der Waals surface area contributed by atoms with Gasteiger partial charge in [0.25, 0.3) is 0 Å². The van der Waals surface area contributed by atoms with E-state index in [2.05, 4.69) is 19.9 Å². The second-order valence-electron chi connectivity index (χ2n) is 4.29. The van der Waals surface area contributed by atoms with E-state index in [1.165, 1.54) is 0 Å². The maximum atomic E-state index is 8.78. The summed E-state index contributed by atoms with van der Waals surface area (Å²) in [5, 5.41) is 8.78. The molecule has 0 aromatic heterocycles. The number of hydrogen-bond donors (Lipinski definition) is 0. The fraction of sp³-hybridized carbons (Fsp3) is 0.500. The molecule has 0 radical (unpaired) electrons. The van der Waals surface area contributed by atoms with Crippen LogP contribution in [0, 0.1) is 17.2 Å². The molecule has 0 aliphatic carbocycles. The standard InChI is InChI=1S/C14H19NO3/c1-11(2)10-17-6-7-18-13-5-4-12(9-15)8-14(13)16-3/h4-5,8,11H,6-7,10H2,1-3H3. The van der Waals surface area contributed by atoms with Crippen LogP contribution in [0.3, 0.4) is 0 Å². The van der Waals surface area contributed by atoms with Crippen LogP contribution < -0.4 is 9.47 Å². The topological polar surface area (TPSA) is 51.5 Å². The minimum absolute atomic E-state index is 0.467. The van der Waals surface area contributed by atoms with Gasteiger partial charge in [-0.15, -0.1) is 0 Å². The van der Waals surface area contributed by atoms with Crippen molar-refractivity contribution in [1.29, 1.82) is 5.26 Å². The van der Waals surface area contributed by atoms with Gasteiger partial charge in [-0.3, -0.25) is 0 Å². The molecule has 0 spiro atoms. The first kappa shape index (κ1) is 14.3. The van der Waals surface area contributed by atoms with Gasteiger partial charge in [-0.25, -0.2) is 0 Å². The van der Waals surface area contributed by atoms with Gasteiger partial charge in [0, 0.05) is 12.7 Å². The molecule has 0 N–H and O–H groups in total. The molecule has 0 bridgehead atoms. The minimum atomic E-state index is 0.467. The highest BCUT2D eigenvalue weighted by atomic mass is 16.5. The molecule has 0 saturated carbocycles. The highest BCUT2D eigenvalue weighted by Gasteiger charge is 2.05. The molecule has 4 nitrogen and oxygen atoms in total. The molecule has 0 amide bonds. The Morgan fingerprint density at radius 3 is 2.61 bits per heavy atom. The third-order valence-electron chi connectivity index (χ3n) is 2.23. The van der Waals surface area contributed by atoms with E-state index in [1.807, 2.05) is 0 Å². The van der Waals surface area contributed by atoms with Crippen molar-refractivity contribution in [2.45, 2.75) is 13.8 Å². The Morgan fingerprint density at radius 1 is 1.22 bits per heavy atom. The lowest BCUT2D eigenvalue weighted by Crippen LogP contribution is -2.10. The lowest BCUT2D eigenvalue weighted by atomic mass is 10.2. The zero-order valence-corrected chi connectivity index (χ0v) is 11.1. The largest absolute Gasteiger partial charge is 0.493 e. The van der Waals surface area contributed by atoms with Crippen LogP contribution >= 0.6 is 0 Å². The summed E-state index contributed by atoms with van der Waals surface area (Å²) in [6.45, 7) is 5.94. The number of nitrogens with zero attached hydrogens (tertiary/aromatic N) is 1. The van der Waals surface area contributed by atoms with Crippen LogP contribution in [0.25, 0.3) is 0 Å². The van der Waals surface area contributed by atoms with Crippen LogP contribution in [0.15, 0.2) is 18.2 Å². The quantitative estimate of drug-likeness (QED) is 0.697. The summed E-state index contributed by atoms with van der Waals surface area (Å²) in [4.78, 5) is 0. The molecule has 0 saturated heterocycles. The maximum Gasteiger partial charge on any atom is 0.162 e. The molecular weight excluding hydrogens is 230 g/mol. The van der Waals surface area contributed by atoms with Crippen LogP contribution in [0.2, 0.25) is 0 Å². The predicted octanol–water partition coefficient (Wildman–Crippen LogP) is 2.62. The molecule has 0 aliphatic rings. The monoisotopic (exact) mass is 249 g/mol. The summed E-state index contributed by atoms with van der Waals surface area (Å²) in [6.07, 6.45) is 0. The lowest BCUT2D eigenvalue weighted by molar-refractivity contribution is 0.0811. The number of ether oxygens (including phenoxy) is 3. The van der Waals surface area contributed by atoms with Gasteiger partial charge in [-0.2, -0.15) is 5.26 Å². The Kier molecular flexibility index (Phi) is 6.03. The molecule has 4 heteroatoms. The van der Waals surface area contributed by atoms with E-state index >= 15 is 0 Å². The van der Waals surface area contributed by atoms with Crippen molar-refractivity contribution in [3.63, 3.8) is 0 Å². The smallest absolute Gasteiger partial charge is 0.162 e. The Hall–Kier alpha value is -1.73. The number of methoxy groups -OCH3 is 1. The Morgan fingerprint density at radius 2 is 2.00 bits per heavy atom. The minimum Gasteiger partial charge on any atom is -0.493 e. The van der Waals surface area contributed by atoms with Crippen LogP contribution in [0.1, 0.15) is 19.4 Å². The zero-order valence-electron chi connectivity index (χ0n) is 11.1. The van der Waals surface area contributed by atoms with Crippen LogP contribution in [0.4, 0.5) is 0 Å². The van der Waals surface area contributed by atoms with Gasteiger partial charge in [-0.1, -0.05) is 13.8 Å². The average Bonchev–Trinajstić information content (AvgIpc) is 2.38. The summed E-state index contributed by atoms with van der Waals surface area (Å²) in [6, 6.07) is 7.15. The summed E-state index contributed by atoms with van der Waals surface area (Å²) in [5.74, 6) is 1.72. The first-order chi connectivity index (χ1) is 8.67. The van der Waals surface area contributed by atoms with E-state index in [9.17, 15) is 0 Å². The van der Waals surface area contributed by atoms with Gasteiger partial charge < -0.3 is 14.2 Å². The van der Waals surface area contributed by atoms with Crippen molar-refractivity contribution < 1.29 is 14.2 Å². The summed E-state index contributed by atoms with van der Waals surface area (Å²) < 4.78 is 16.1. The zero-order chi connectivity index (χ0) is 13.4. The molecule has 0 unspecified atom stereocenters. The van der Waals surface area contributed by atoms with Crippen molar-refractivity contribution in [2.24, 2.45) is 5.92 Å². The van der Waals surface area contributed by atoms with E-state index in [1.54, 1.807) is 25.3 Å². The number of benzene rings is 1. The van der Waals surface area contributed by atoms with Gasteiger partial charge in [0.05, 0.1) is 25.3 Å². The summed E-state index contributed by atoms with van der Waals surface area (Å²) >= 11 is 0. The van der Waals surface area contributed by atoms with Gasteiger partial charge in [0.1, 0.15) is 6.61 Å². The van der Waals surface area contributed by atoms with Crippen LogP contribution in [-0.4, -0.2) is 26.9 Å². The van der Waals surface area contributed by atoms with Crippen LogP contribution in [-0.2, 0) is 4.74 Å². The van der Waals surface area contributed by atoms with E-state index in [4.69, 9.17) is 19.5 Å². The number of rotatable bonds is 7. The van der Waals surface area contributed by atoms with Crippen molar-refractivity contribution in [2.75, 3.05) is 26.9 Å². The first-order valence-corrected chi connectivity index (χ1v) is 5.96. The molecule has 0 fully saturated rings. The average molecular weight is 249 g/mol. The third kappa shape index (κ3) is 4.64. The lowest BCUT2D eigenvalue weighted by Gasteiger charge is -2.11. The Balaban J connectivity index is 2.45.